The van der Waals surface area contributed by atoms with E-state index in [9.17, 15) is 0 Å². The van der Waals surface area contributed by atoms with Gasteiger partial charge in [0, 0.05) is 17.2 Å². The van der Waals surface area contributed by atoms with Crippen molar-refractivity contribution in [1.29, 1.82) is 0 Å². The van der Waals surface area contributed by atoms with E-state index in [1.54, 1.807) is 0 Å². The van der Waals surface area contributed by atoms with Crippen LogP contribution in [0.3, 0.4) is 0 Å². The van der Waals surface area contributed by atoms with Gasteiger partial charge in [0.15, 0.2) is 0 Å². The molecule has 4 atom stereocenters. The van der Waals surface area contributed by atoms with Crippen LogP contribution in [0.1, 0.15) is 32.0 Å². The molecule has 3 heterocycles. The number of nitrogens with two attached hydrogens (primary N) is 1. The van der Waals surface area contributed by atoms with Gasteiger partial charge in [-0.25, -0.2) is 9.97 Å². The summed E-state index contributed by atoms with van der Waals surface area (Å²) in [7, 11) is 0. The van der Waals surface area contributed by atoms with Crippen LogP contribution in [-0.2, 0) is 21.4 Å². The van der Waals surface area contributed by atoms with Crippen LogP contribution in [0, 0.1) is 0 Å². The molecule has 0 aliphatic carbocycles. The largest absolute Gasteiger partial charge is 0.367 e. The Morgan fingerprint density at radius 2 is 1.64 bits per heavy atom. The minimum Gasteiger partial charge on any atom is -0.367 e. The van der Waals surface area contributed by atoms with E-state index in [2.05, 4.69) is 84.9 Å². The second-order valence-electron chi connectivity index (χ2n) is 10.0. The number of quaternary nitrogens is 1. The minimum absolute atomic E-state index is 0.0166. The van der Waals surface area contributed by atoms with Crippen molar-refractivity contribution in [2.45, 2.75) is 57.0 Å². The zero-order chi connectivity index (χ0) is 22.8. The van der Waals surface area contributed by atoms with E-state index in [1.165, 1.54) is 16.7 Å². The Morgan fingerprint density at radius 1 is 0.909 bits per heavy atom. The first-order valence-corrected chi connectivity index (χ1v) is 11.8. The lowest BCUT2D eigenvalue weighted by Gasteiger charge is -2.20. The number of benzene rings is 2. The molecule has 3 N–H and O–H groups in total. The molecule has 3 aromatic rings. The minimum atomic E-state index is -0.0166. The Balaban J connectivity index is 1.17. The van der Waals surface area contributed by atoms with Crippen LogP contribution < -0.4 is 10.6 Å². The number of hydrogen-bond donors (Lipinski definition) is 2. The zero-order valence-electron chi connectivity index (χ0n) is 19.6. The monoisotopic (exact) mass is 445 g/mol. The molecule has 1 aromatic heterocycles. The van der Waals surface area contributed by atoms with Gasteiger partial charge in [0.25, 0.3) is 0 Å². The molecule has 2 saturated heterocycles. The first-order chi connectivity index (χ1) is 16.0. The maximum atomic E-state index is 6.16. The number of hydrogen-bond acceptors (Lipinski definition) is 5. The smallest absolute Gasteiger partial charge is 0.223 e. The molecule has 2 aliphatic rings. The highest BCUT2D eigenvalue weighted by Gasteiger charge is 2.49. The molecule has 0 unspecified atom stereocenters. The highest BCUT2D eigenvalue weighted by atomic mass is 16.6. The number of ether oxygens (including phenoxy) is 2. The SMILES string of the molecule is CC(C)(C)c1ccnc(N[C@H]2CO[C@H]3[C@@H]2OC[C@@H]3[NH2+]Cc2ccc(-c3ccccc3)cc2)n1. The molecule has 0 saturated carbocycles. The molecule has 0 radical (unpaired) electrons. The third-order valence-electron chi connectivity index (χ3n) is 6.55. The van der Waals surface area contributed by atoms with E-state index < -0.39 is 0 Å². The predicted octanol–water partition coefficient (Wildman–Crippen LogP) is 3.15. The fourth-order valence-electron chi connectivity index (χ4n) is 4.62. The second kappa shape index (κ2) is 9.21. The average Bonchev–Trinajstić information content (AvgIpc) is 3.41. The first kappa shape index (κ1) is 22.0. The van der Waals surface area contributed by atoms with Gasteiger partial charge in [-0.3, -0.25) is 0 Å². The van der Waals surface area contributed by atoms with Crippen molar-refractivity contribution in [1.82, 2.24) is 9.97 Å². The molecule has 172 valence electrons. The predicted molar refractivity (Wildman–Crippen MR) is 129 cm³/mol. The quantitative estimate of drug-likeness (QED) is 0.610. The Hall–Kier alpha value is -2.80. The van der Waals surface area contributed by atoms with Crippen LogP contribution >= 0.6 is 0 Å². The summed E-state index contributed by atoms with van der Waals surface area (Å²) in [6, 6.07) is 21.6. The van der Waals surface area contributed by atoms with Crippen LogP contribution in [-0.4, -0.2) is 47.5 Å². The van der Waals surface area contributed by atoms with Gasteiger partial charge in [0.1, 0.15) is 31.4 Å². The van der Waals surface area contributed by atoms with Gasteiger partial charge >= 0.3 is 0 Å². The molecule has 6 nitrogen and oxygen atoms in total. The molecule has 33 heavy (non-hydrogen) atoms. The van der Waals surface area contributed by atoms with Crippen molar-refractivity contribution < 1.29 is 14.8 Å². The normalized spacial score (nSPS) is 24.6. The molecule has 2 fully saturated rings. The van der Waals surface area contributed by atoms with Crippen molar-refractivity contribution in [3.8, 4) is 11.1 Å². The van der Waals surface area contributed by atoms with Gasteiger partial charge < -0.3 is 20.1 Å². The summed E-state index contributed by atoms with van der Waals surface area (Å²) in [4.78, 5) is 9.12. The second-order valence-corrected chi connectivity index (χ2v) is 10.0. The molecule has 0 bridgehead atoms. The molecule has 2 aromatic carbocycles. The van der Waals surface area contributed by atoms with Crippen molar-refractivity contribution in [2.24, 2.45) is 0 Å². The highest BCUT2D eigenvalue weighted by Crippen LogP contribution is 2.28. The van der Waals surface area contributed by atoms with Crippen LogP contribution in [0.2, 0.25) is 0 Å². The maximum absolute atomic E-state index is 6.16. The Morgan fingerprint density at radius 3 is 2.39 bits per heavy atom. The maximum Gasteiger partial charge on any atom is 0.223 e. The number of anilines is 1. The lowest BCUT2D eigenvalue weighted by Crippen LogP contribution is -2.91. The fourth-order valence-corrected chi connectivity index (χ4v) is 4.62. The van der Waals surface area contributed by atoms with E-state index in [-0.39, 0.29) is 29.7 Å². The molecule has 0 amide bonds. The van der Waals surface area contributed by atoms with E-state index in [0.29, 0.717) is 19.2 Å². The zero-order valence-corrected chi connectivity index (χ0v) is 19.6. The van der Waals surface area contributed by atoms with E-state index in [4.69, 9.17) is 14.5 Å². The fraction of sp³-hybridized carbons (Fsp3) is 0.407. The van der Waals surface area contributed by atoms with Gasteiger partial charge in [-0.1, -0.05) is 75.4 Å². The van der Waals surface area contributed by atoms with Crippen LogP contribution in [0.15, 0.2) is 66.9 Å². The van der Waals surface area contributed by atoms with Gasteiger partial charge in [-0.05, 0) is 17.2 Å². The highest BCUT2D eigenvalue weighted by molar-refractivity contribution is 5.63. The summed E-state index contributed by atoms with van der Waals surface area (Å²) >= 11 is 0. The first-order valence-electron chi connectivity index (χ1n) is 11.8. The summed E-state index contributed by atoms with van der Waals surface area (Å²) in [5.74, 6) is 0.645. The lowest BCUT2D eigenvalue weighted by molar-refractivity contribution is -0.707. The summed E-state index contributed by atoms with van der Waals surface area (Å²) in [6.07, 6.45) is 1.92. The van der Waals surface area contributed by atoms with Crippen molar-refractivity contribution >= 4 is 5.95 Å². The molecule has 5 rings (SSSR count). The lowest BCUT2D eigenvalue weighted by atomic mass is 9.92. The van der Waals surface area contributed by atoms with Crippen LogP contribution in [0.25, 0.3) is 11.1 Å². The Labute approximate surface area is 195 Å². The number of rotatable bonds is 6. The van der Waals surface area contributed by atoms with Gasteiger partial charge in [0.2, 0.25) is 5.95 Å². The third-order valence-corrected chi connectivity index (χ3v) is 6.55. The summed E-state index contributed by atoms with van der Waals surface area (Å²) < 4.78 is 12.3. The van der Waals surface area contributed by atoms with Gasteiger partial charge in [-0.15, -0.1) is 0 Å². The Bertz CT molecular complexity index is 1070. The van der Waals surface area contributed by atoms with Gasteiger partial charge in [0.05, 0.1) is 18.3 Å². The summed E-state index contributed by atoms with van der Waals surface area (Å²) in [6.45, 7) is 8.67. The van der Waals surface area contributed by atoms with Crippen LogP contribution in [0.5, 0.6) is 0 Å². The number of fused-ring (bicyclic) bond motifs is 1. The number of aromatic nitrogens is 2. The summed E-state index contributed by atoms with van der Waals surface area (Å²) in [5.41, 5.74) is 4.80. The number of nitrogens with one attached hydrogen (secondary N) is 1. The summed E-state index contributed by atoms with van der Waals surface area (Å²) in [5, 5.41) is 5.80. The van der Waals surface area contributed by atoms with Crippen molar-refractivity contribution in [3.05, 3.63) is 78.1 Å². The molecular weight excluding hydrogens is 412 g/mol. The van der Waals surface area contributed by atoms with Gasteiger partial charge in [-0.2, -0.15) is 0 Å². The van der Waals surface area contributed by atoms with Crippen molar-refractivity contribution in [3.63, 3.8) is 0 Å². The van der Waals surface area contributed by atoms with E-state index in [1.807, 2.05) is 18.3 Å². The Kier molecular flexibility index (Phi) is 6.15. The molecule has 2 aliphatic heterocycles. The molecule has 0 spiro atoms. The van der Waals surface area contributed by atoms with Crippen molar-refractivity contribution in [2.75, 3.05) is 18.5 Å². The standard InChI is InChI=1S/C27H32N4O2/c1-27(2,3)23-13-14-28-26(31-23)30-22-17-33-24-21(16-32-25(22)24)29-15-18-9-11-20(12-10-18)19-7-5-4-6-8-19/h4-14,21-22,24-25,29H,15-17H2,1-3H3,(H,28,30,31)/p+1/t21-,22-,24+,25+/m0/s1. The average molecular weight is 446 g/mol. The topological polar surface area (TPSA) is 72.9 Å². The van der Waals surface area contributed by atoms with E-state index in [0.717, 1.165) is 12.2 Å². The number of nitrogens with zero attached hydrogens (tertiary/aromatic N) is 2. The van der Waals surface area contributed by atoms with Crippen LogP contribution in [0.4, 0.5) is 5.95 Å². The van der Waals surface area contributed by atoms with E-state index >= 15 is 0 Å². The molecule has 6 heteroatoms. The molecular formula is C27H33N4O2+. The third kappa shape index (κ3) is 4.93.